The first-order valence-corrected chi connectivity index (χ1v) is 7.55. The number of benzene rings is 2. The first-order chi connectivity index (χ1) is 11.7. The average Bonchev–Trinajstić information content (AvgIpc) is 2.63. The molecule has 0 bridgehead atoms. The number of ether oxygens (including phenoxy) is 1. The highest BCUT2D eigenvalue weighted by molar-refractivity contribution is 5.79. The van der Waals surface area contributed by atoms with Crippen LogP contribution in [0, 0.1) is 0 Å². The molecule has 5 nitrogen and oxygen atoms in total. The Morgan fingerprint density at radius 3 is 2.67 bits per heavy atom. The van der Waals surface area contributed by atoms with Crippen molar-refractivity contribution in [2.24, 2.45) is 4.99 Å². The van der Waals surface area contributed by atoms with Gasteiger partial charge in [-0.2, -0.15) is 5.10 Å². The number of amides is 1. The van der Waals surface area contributed by atoms with Crippen LogP contribution in [0.2, 0.25) is 0 Å². The molecule has 0 saturated carbocycles. The van der Waals surface area contributed by atoms with E-state index in [9.17, 15) is 4.79 Å². The van der Waals surface area contributed by atoms with Gasteiger partial charge in [0, 0.05) is 6.20 Å². The second kappa shape index (κ2) is 7.37. The number of methoxy groups -OCH3 is 1. The molecule has 24 heavy (non-hydrogen) atoms. The number of hydrogen-bond acceptors (Lipinski definition) is 3. The van der Waals surface area contributed by atoms with Crippen molar-refractivity contribution < 1.29 is 9.53 Å². The number of para-hydroxylation sites is 1. The van der Waals surface area contributed by atoms with E-state index in [4.69, 9.17) is 4.74 Å². The fourth-order valence-electron chi connectivity index (χ4n) is 2.29. The molecule has 1 heterocycles. The molecule has 0 unspecified atom stereocenters. The van der Waals surface area contributed by atoms with Gasteiger partial charge in [0.2, 0.25) is 0 Å². The number of hydrogen-bond donors (Lipinski definition) is 0. The van der Waals surface area contributed by atoms with Crippen LogP contribution in [-0.4, -0.2) is 22.8 Å². The van der Waals surface area contributed by atoms with E-state index in [1.54, 1.807) is 30.3 Å². The predicted molar refractivity (Wildman–Crippen MR) is 90.8 cm³/mol. The largest absolute Gasteiger partial charge is 0.497 e. The summed E-state index contributed by atoms with van der Waals surface area (Å²) in [5, 5.41) is 4.82. The first kappa shape index (κ1) is 15.7. The van der Waals surface area contributed by atoms with Gasteiger partial charge in [0.25, 0.3) is 5.91 Å². The zero-order valence-corrected chi connectivity index (χ0v) is 13.3. The van der Waals surface area contributed by atoms with Crippen LogP contribution in [0.3, 0.4) is 0 Å². The third kappa shape index (κ3) is 3.95. The van der Waals surface area contributed by atoms with Crippen molar-refractivity contribution >= 4 is 5.91 Å². The summed E-state index contributed by atoms with van der Waals surface area (Å²) in [4.78, 5) is 16.2. The van der Waals surface area contributed by atoms with Gasteiger partial charge < -0.3 is 4.74 Å². The molecule has 0 spiro atoms. The van der Waals surface area contributed by atoms with Crippen LogP contribution in [0.5, 0.6) is 5.75 Å². The van der Waals surface area contributed by atoms with Crippen molar-refractivity contribution in [3.8, 4) is 11.4 Å². The third-order valence-corrected chi connectivity index (χ3v) is 3.46. The second-order valence-corrected chi connectivity index (χ2v) is 5.20. The molecule has 0 radical (unpaired) electrons. The molecule has 0 aliphatic carbocycles. The number of nitrogens with zero attached hydrogens (tertiary/aromatic N) is 3. The van der Waals surface area contributed by atoms with E-state index in [0.717, 1.165) is 17.0 Å². The van der Waals surface area contributed by atoms with Crippen LogP contribution < -0.4 is 10.1 Å². The van der Waals surface area contributed by atoms with Gasteiger partial charge in [0.05, 0.1) is 30.8 Å². The second-order valence-electron chi connectivity index (χ2n) is 5.20. The molecule has 2 aromatic carbocycles. The SMILES string of the molecule is COc1cccc(CC(=O)/N=c2/ccn(-c3ccccc3)nc2)c1. The number of carbonyl (C=O) groups excluding carboxylic acids is 1. The van der Waals surface area contributed by atoms with Gasteiger partial charge >= 0.3 is 0 Å². The minimum Gasteiger partial charge on any atom is -0.497 e. The maximum Gasteiger partial charge on any atom is 0.250 e. The summed E-state index contributed by atoms with van der Waals surface area (Å²) >= 11 is 0. The number of carbonyl (C=O) groups is 1. The minimum absolute atomic E-state index is 0.220. The van der Waals surface area contributed by atoms with Gasteiger partial charge in [-0.1, -0.05) is 30.3 Å². The first-order valence-electron chi connectivity index (χ1n) is 7.55. The molecule has 0 aliphatic rings. The average molecular weight is 319 g/mol. The molecule has 5 heteroatoms. The summed E-state index contributed by atoms with van der Waals surface area (Å²) in [6.45, 7) is 0. The highest BCUT2D eigenvalue weighted by atomic mass is 16.5. The van der Waals surface area contributed by atoms with E-state index >= 15 is 0 Å². The Bertz CT molecular complexity index is 881. The number of rotatable bonds is 4. The Balaban J connectivity index is 1.74. The molecule has 0 atom stereocenters. The fourth-order valence-corrected chi connectivity index (χ4v) is 2.29. The maximum atomic E-state index is 12.1. The Morgan fingerprint density at radius 2 is 1.96 bits per heavy atom. The molecular weight excluding hydrogens is 302 g/mol. The van der Waals surface area contributed by atoms with Crippen LogP contribution in [0.4, 0.5) is 0 Å². The van der Waals surface area contributed by atoms with E-state index in [-0.39, 0.29) is 12.3 Å². The van der Waals surface area contributed by atoms with Crippen molar-refractivity contribution in [1.82, 2.24) is 9.78 Å². The van der Waals surface area contributed by atoms with Gasteiger partial charge in [-0.25, -0.2) is 9.67 Å². The van der Waals surface area contributed by atoms with E-state index in [2.05, 4.69) is 10.1 Å². The van der Waals surface area contributed by atoms with Crippen LogP contribution in [-0.2, 0) is 11.2 Å². The Morgan fingerprint density at radius 1 is 1.12 bits per heavy atom. The lowest BCUT2D eigenvalue weighted by molar-refractivity contribution is -0.117. The molecule has 3 aromatic rings. The summed E-state index contributed by atoms with van der Waals surface area (Å²) in [6, 6.07) is 18.9. The van der Waals surface area contributed by atoms with Gasteiger partial charge in [-0.15, -0.1) is 0 Å². The van der Waals surface area contributed by atoms with Crippen LogP contribution >= 0.6 is 0 Å². The minimum atomic E-state index is -0.220. The lowest BCUT2D eigenvalue weighted by Gasteiger charge is -2.03. The van der Waals surface area contributed by atoms with Gasteiger partial charge in [-0.05, 0) is 35.9 Å². The Labute approximate surface area is 139 Å². The standard InChI is InChI=1S/C19H17N3O2/c1-24-18-9-5-6-15(12-18)13-19(23)21-16-10-11-22(20-14-16)17-7-3-2-4-8-17/h2-12,14H,13H2,1H3/b21-16-. The van der Waals surface area contributed by atoms with Gasteiger partial charge in [0.15, 0.2) is 0 Å². The summed E-state index contributed by atoms with van der Waals surface area (Å²) < 4.78 is 6.88. The number of aromatic nitrogens is 2. The van der Waals surface area contributed by atoms with Crippen molar-refractivity contribution in [3.05, 3.63) is 84.0 Å². The monoisotopic (exact) mass is 319 g/mol. The lowest BCUT2D eigenvalue weighted by atomic mass is 10.1. The molecule has 0 aliphatic heterocycles. The zero-order chi connectivity index (χ0) is 16.8. The Hall–Kier alpha value is -3.21. The summed E-state index contributed by atoms with van der Waals surface area (Å²) in [7, 11) is 1.60. The maximum absolute atomic E-state index is 12.1. The van der Waals surface area contributed by atoms with Crippen molar-refractivity contribution in [2.75, 3.05) is 7.11 Å². The highest BCUT2D eigenvalue weighted by Crippen LogP contribution is 2.13. The molecule has 3 rings (SSSR count). The van der Waals surface area contributed by atoms with Crippen LogP contribution in [0.25, 0.3) is 5.69 Å². The van der Waals surface area contributed by atoms with Gasteiger partial charge in [-0.3, -0.25) is 4.79 Å². The van der Waals surface area contributed by atoms with Crippen LogP contribution in [0.1, 0.15) is 5.56 Å². The smallest absolute Gasteiger partial charge is 0.250 e. The van der Waals surface area contributed by atoms with Crippen molar-refractivity contribution in [1.29, 1.82) is 0 Å². The quantitative estimate of drug-likeness (QED) is 0.742. The third-order valence-electron chi connectivity index (χ3n) is 3.46. The molecule has 0 N–H and O–H groups in total. The molecule has 120 valence electrons. The van der Waals surface area contributed by atoms with E-state index in [1.165, 1.54) is 0 Å². The lowest BCUT2D eigenvalue weighted by Crippen LogP contribution is -2.12. The van der Waals surface area contributed by atoms with E-state index < -0.39 is 0 Å². The van der Waals surface area contributed by atoms with E-state index in [1.807, 2.05) is 54.6 Å². The summed E-state index contributed by atoms with van der Waals surface area (Å²) in [6.07, 6.45) is 3.59. The van der Waals surface area contributed by atoms with E-state index in [0.29, 0.717) is 5.36 Å². The van der Waals surface area contributed by atoms with Crippen LogP contribution in [0.15, 0.2) is 78.0 Å². The predicted octanol–water partition coefficient (Wildman–Crippen LogP) is 2.55. The summed E-state index contributed by atoms with van der Waals surface area (Å²) in [5.74, 6) is 0.507. The molecule has 0 saturated heterocycles. The van der Waals surface area contributed by atoms with Crippen molar-refractivity contribution in [3.63, 3.8) is 0 Å². The Kier molecular flexibility index (Phi) is 4.81. The normalized spacial score (nSPS) is 11.3. The summed E-state index contributed by atoms with van der Waals surface area (Å²) in [5.41, 5.74) is 1.82. The molecule has 1 aromatic heterocycles. The molecule has 0 fully saturated rings. The zero-order valence-electron chi connectivity index (χ0n) is 13.3. The topological polar surface area (TPSA) is 56.5 Å². The fraction of sp³-hybridized carbons (Fsp3) is 0.105. The molecular formula is C19H17N3O2. The van der Waals surface area contributed by atoms with Gasteiger partial charge in [0.1, 0.15) is 5.75 Å². The molecule has 1 amide bonds. The van der Waals surface area contributed by atoms with Crippen molar-refractivity contribution in [2.45, 2.75) is 6.42 Å². The highest BCUT2D eigenvalue weighted by Gasteiger charge is 2.03.